The van der Waals surface area contributed by atoms with Crippen LogP contribution in [0.5, 0.6) is 0 Å². The largest absolute Gasteiger partial charge is 0.451 e. The standard InChI is InChI=1S/C15H19NO3/c1-10-11-6-4-5-7-12(11)19-13(10)14(18)16-15(2,3)8-9-17/h4-7,17H,8-9H2,1-3H3,(H,16,18). The van der Waals surface area contributed by atoms with Gasteiger partial charge in [-0.15, -0.1) is 0 Å². The van der Waals surface area contributed by atoms with Crippen molar-refractivity contribution in [2.45, 2.75) is 32.7 Å². The third-order valence-electron chi connectivity index (χ3n) is 3.24. The Morgan fingerprint density at radius 2 is 2.05 bits per heavy atom. The monoisotopic (exact) mass is 261 g/mol. The number of carbonyl (C=O) groups is 1. The predicted octanol–water partition coefficient (Wildman–Crippen LogP) is 2.63. The molecule has 4 heteroatoms. The average molecular weight is 261 g/mol. The smallest absolute Gasteiger partial charge is 0.287 e. The zero-order valence-electron chi connectivity index (χ0n) is 11.5. The first-order valence-electron chi connectivity index (χ1n) is 6.36. The number of aliphatic hydroxyl groups excluding tert-OH is 1. The molecule has 0 bridgehead atoms. The molecular weight excluding hydrogens is 242 g/mol. The molecule has 2 N–H and O–H groups in total. The molecule has 2 aromatic rings. The van der Waals surface area contributed by atoms with E-state index in [1.807, 2.05) is 45.0 Å². The van der Waals surface area contributed by atoms with Crippen molar-refractivity contribution >= 4 is 16.9 Å². The van der Waals surface area contributed by atoms with E-state index in [1.165, 1.54) is 0 Å². The second kappa shape index (κ2) is 5.05. The van der Waals surface area contributed by atoms with Crippen molar-refractivity contribution in [3.05, 3.63) is 35.6 Å². The second-order valence-corrected chi connectivity index (χ2v) is 5.36. The molecule has 0 saturated heterocycles. The number of benzene rings is 1. The maximum absolute atomic E-state index is 12.2. The van der Waals surface area contributed by atoms with E-state index in [0.29, 0.717) is 17.8 Å². The van der Waals surface area contributed by atoms with Gasteiger partial charge in [-0.25, -0.2) is 0 Å². The Labute approximate surface area is 112 Å². The molecule has 0 aliphatic heterocycles. The summed E-state index contributed by atoms with van der Waals surface area (Å²) in [4.78, 5) is 12.2. The maximum Gasteiger partial charge on any atom is 0.287 e. The summed E-state index contributed by atoms with van der Waals surface area (Å²) in [7, 11) is 0. The molecule has 0 fully saturated rings. The molecule has 0 aliphatic rings. The van der Waals surface area contributed by atoms with Gasteiger partial charge in [-0.2, -0.15) is 0 Å². The predicted molar refractivity (Wildman–Crippen MR) is 74.2 cm³/mol. The Morgan fingerprint density at radius 3 is 2.68 bits per heavy atom. The van der Waals surface area contributed by atoms with E-state index in [9.17, 15) is 4.79 Å². The average Bonchev–Trinajstić information content (AvgIpc) is 2.67. The van der Waals surface area contributed by atoms with Crippen molar-refractivity contribution in [1.29, 1.82) is 0 Å². The van der Waals surface area contributed by atoms with Crippen LogP contribution in [-0.2, 0) is 0 Å². The highest BCUT2D eigenvalue weighted by Crippen LogP contribution is 2.25. The summed E-state index contributed by atoms with van der Waals surface area (Å²) in [5.74, 6) is 0.0966. The number of para-hydroxylation sites is 1. The Morgan fingerprint density at radius 1 is 1.37 bits per heavy atom. The van der Waals surface area contributed by atoms with E-state index in [2.05, 4.69) is 5.32 Å². The number of fused-ring (bicyclic) bond motifs is 1. The van der Waals surface area contributed by atoms with Crippen molar-refractivity contribution < 1.29 is 14.3 Å². The number of aliphatic hydroxyl groups is 1. The SMILES string of the molecule is Cc1c(C(=O)NC(C)(C)CCO)oc2ccccc12. The molecule has 1 heterocycles. The molecule has 0 atom stereocenters. The fraction of sp³-hybridized carbons (Fsp3) is 0.400. The zero-order valence-corrected chi connectivity index (χ0v) is 11.5. The number of carbonyl (C=O) groups excluding carboxylic acids is 1. The van der Waals surface area contributed by atoms with Gasteiger partial charge in [0.25, 0.3) is 5.91 Å². The molecule has 0 spiro atoms. The molecule has 1 aromatic carbocycles. The highest BCUT2D eigenvalue weighted by molar-refractivity contribution is 5.99. The number of aryl methyl sites for hydroxylation is 1. The molecule has 1 amide bonds. The van der Waals surface area contributed by atoms with Gasteiger partial charge in [0.2, 0.25) is 0 Å². The third-order valence-corrected chi connectivity index (χ3v) is 3.24. The highest BCUT2D eigenvalue weighted by atomic mass is 16.3. The highest BCUT2D eigenvalue weighted by Gasteiger charge is 2.24. The van der Waals surface area contributed by atoms with Gasteiger partial charge in [-0.3, -0.25) is 4.79 Å². The van der Waals surface area contributed by atoms with Crippen LogP contribution in [0.25, 0.3) is 11.0 Å². The van der Waals surface area contributed by atoms with Gasteiger partial charge in [0.05, 0.1) is 0 Å². The van der Waals surface area contributed by atoms with Gasteiger partial charge in [-0.05, 0) is 33.3 Å². The van der Waals surface area contributed by atoms with Crippen molar-refractivity contribution in [3.63, 3.8) is 0 Å². The first-order valence-corrected chi connectivity index (χ1v) is 6.36. The molecule has 0 saturated carbocycles. The normalized spacial score (nSPS) is 11.8. The molecule has 0 unspecified atom stereocenters. The molecule has 102 valence electrons. The maximum atomic E-state index is 12.2. The van der Waals surface area contributed by atoms with Crippen molar-refractivity contribution in [1.82, 2.24) is 5.32 Å². The van der Waals surface area contributed by atoms with E-state index in [-0.39, 0.29) is 12.5 Å². The Bertz CT molecular complexity index is 598. The van der Waals surface area contributed by atoms with Gasteiger partial charge in [0, 0.05) is 23.1 Å². The minimum absolute atomic E-state index is 0.0341. The van der Waals surface area contributed by atoms with E-state index < -0.39 is 5.54 Å². The van der Waals surface area contributed by atoms with Crippen LogP contribution in [0.2, 0.25) is 0 Å². The zero-order chi connectivity index (χ0) is 14.0. The fourth-order valence-corrected chi connectivity index (χ4v) is 2.10. The first kappa shape index (κ1) is 13.6. The number of hydrogen-bond donors (Lipinski definition) is 2. The topological polar surface area (TPSA) is 62.5 Å². The summed E-state index contributed by atoms with van der Waals surface area (Å²) in [5.41, 5.74) is 1.09. The van der Waals surface area contributed by atoms with Gasteiger partial charge in [0.15, 0.2) is 5.76 Å². The van der Waals surface area contributed by atoms with Crippen LogP contribution in [-0.4, -0.2) is 23.2 Å². The molecule has 1 aromatic heterocycles. The lowest BCUT2D eigenvalue weighted by Gasteiger charge is -2.24. The van der Waals surface area contributed by atoms with E-state index in [4.69, 9.17) is 9.52 Å². The van der Waals surface area contributed by atoms with Crippen LogP contribution >= 0.6 is 0 Å². The van der Waals surface area contributed by atoms with Crippen molar-refractivity contribution in [2.75, 3.05) is 6.61 Å². The van der Waals surface area contributed by atoms with E-state index in [0.717, 1.165) is 10.9 Å². The van der Waals surface area contributed by atoms with Crippen LogP contribution in [0.15, 0.2) is 28.7 Å². The van der Waals surface area contributed by atoms with Crippen LogP contribution in [0.3, 0.4) is 0 Å². The van der Waals surface area contributed by atoms with E-state index in [1.54, 1.807) is 0 Å². The summed E-state index contributed by atoms with van der Waals surface area (Å²) in [6.45, 7) is 5.66. The lowest BCUT2D eigenvalue weighted by atomic mass is 10.0. The molecule has 2 rings (SSSR count). The van der Waals surface area contributed by atoms with Crippen LogP contribution < -0.4 is 5.32 Å². The van der Waals surface area contributed by atoms with Gasteiger partial charge in [-0.1, -0.05) is 18.2 Å². The minimum atomic E-state index is -0.461. The molecular formula is C15H19NO3. The number of hydrogen-bond acceptors (Lipinski definition) is 3. The van der Waals surface area contributed by atoms with Crippen molar-refractivity contribution in [3.8, 4) is 0 Å². The molecule has 19 heavy (non-hydrogen) atoms. The molecule has 0 aliphatic carbocycles. The Balaban J connectivity index is 2.29. The van der Waals surface area contributed by atoms with Crippen LogP contribution in [0.1, 0.15) is 36.4 Å². The van der Waals surface area contributed by atoms with Gasteiger partial charge >= 0.3 is 0 Å². The molecule has 0 radical (unpaired) electrons. The van der Waals surface area contributed by atoms with Crippen molar-refractivity contribution in [2.24, 2.45) is 0 Å². The summed E-state index contributed by atoms with van der Waals surface area (Å²) >= 11 is 0. The summed E-state index contributed by atoms with van der Waals surface area (Å²) in [5, 5.41) is 12.8. The summed E-state index contributed by atoms with van der Waals surface area (Å²) in [6.07, 6.45) is 0.498. The number of nitrogens with one attached hydrogen (secondary N) is 1. The minimum Gasteiger partial charge on any atom is -0.451 e. The van der Waals surface area contributed by atoms with Crippen LogP contribution in [0, 0.1) is 6.92 Å². The number of rotatable bonds is 4. The second-order valence-electron chi connectivity index (χ2n) is 5.36. The van der Waals surface area contributed by atoms with E-state index >= 15 is 0 Å². The number of amides is 1. The Kier molecular flexibility index (Phi) is 3.62. The number of furan rings is 1. The lowest BCUT2D eigenvalue weighted by Crippen LogP contribution is -2.44. The molecule has 4 nitrogen and oxygen atoms in total. The van der Waals surface area contributed by atoms with Gasteiger partial charge in [0.1, 0.15) is 5.58 Å². The summed E-state index contributed by atoms with van der Waals surface area (Å²) < 4.78 is 5.61. The fourth-order valence-electron chi connectivity index (χ4n) is 2.10. The lowest BCUT2D eigenvalue weighted by molar-refractivity contribution is 0.0872. The third kappa shape index (κ3) is 2.79. The summed E-state index contributed by atoms with van der Waals surface area (Å²) in [6, 6.07) is 7.58. The Hall–Kier alpha value is -1.81. The first-order chi connectivity index (χ1) is 8.94. The van der Waals surface area contributed by atoms with Gasteiger partial charge < -0.3 is 14.8 Å². The quantitative estimate of drug-likeness (QED) is 0.889. The van der Waals surface area contributed by atoms with Crippen LogP contribution in [0.4, 0.5) is 0 Å².